The zero-order valence-corrected chi connectivity index (χ0v) is 6.69. The summed E-state index contributed by atoms with van der Waals surface area (Å²) in [4.78, 5) is 11.0. The predicted octanol–water partition coefficient (Wildman–Crippen LogP) is -0.382. The monoisotopic (exact) mass is 170 g/mol. The summed E-state index contributed by atoms with van der Waals surface area (Å²) in [5.74, 6) is -0.372. The van der Waals surface area contributed by atoms with Gasteiger partial charge in [-0.25, -0.2) is 4.79 Å². The van der Waals surface area contributed by atoms with Crippen LogP contribution < -0.4 is 0 Å². The summed E-state index contributed by atoms with van der Waals surface area (Å²) in [6.07, 6.45) is 1.38. The molecule has 4 heteroatoms. The van der Waals surface area contributed by atoms with Crippen molar-refractivity contribution in [3.8, 4) is 0 Å². The Bertz CT molecular complexity index is 245. The maximum Gasteiger partial charge on any atom is 0.333 e. The fraction of sp³-hybridized carbons (Fsp3) is 0.625. The molecule has 0 aromatic rings. The van der Waals surface area contributed by atoms with Gasteiger partial charge in [0, 0.05) is 12.0 Å². The van der Waals surface area contributed by atoms with Crippen molar-refractivity contribution in [1.82, 2.24) is 0 Å². The highest BCUT2D eigenvalue weighted by Crippen LogP contribution is 2.36. The highest BCUT2D eigenvalue weighted by atomic mass is 16.6. The topological polar surface area (TPSA) is 59.1 Å². The molecule has 1 unspecified atom stereocenters. The molecule has 2 aliphatic rings. The van der Waals surface area contributed by atoms with Gasteiger partial charge in [-0.15, -0.1) is 0 Å². The molecule has 0 spiro atoms. The molecule has 0 aromatic heterocycles. The summed E-state index contributed by atoms with van der Waals surface area (Å²) < 4.78 is 9.64. The zero-order chi connectivity index (χ0) is 8.72. The molecule has 1 aliphatic carbocycles. The molecular weight excluding hydrogens is 160 g/mol. The molecule has 1 N–H and O–H groups in total. The van der Waals surface area contributed by atoms with E-state index in [2.05, 4.69) is 4.74 Å². The molecule has 0 radical (unpaired) electrons. The summed E-state index contributed by atoms with van der Waals surface area (Å²) in [7, 11) is 1.33. The zero-order valence-electron chi connectivity index (χ0n) is 6.69. The van der Waals surface area contributed by atoms with Crippen molar-refractivity contribution in [2.24, 2.45) is 0 Å². The number of aliphatic hydroxyl groups is 1. The number of rotatable bonds is 1. The van der Waals surface area contributed by atoms with E-state index in [4.69, 9.17) is 4.74 Å². The van der Waals surface area contributed by atoms with E-state index in [-0.39, 0.29) is 18.2 Å². The molecule has 2 rings (SSSR count). The first-order chi connectivity index (χ1) is 5.72. The van der Waals surface area contributed by atoms with E-state index in [0.717, 1.165) is 0 Å². The van der Waals surface area contributed by atoms with Crippen LogP contribution in [0.3, 0.4) is 0 Å². The SMILES string of the molecule is COC(=O)C1=CC(O)[C@H]2O[C@H]2C1. The third-order valence-corrected chi connectivity index (χ3v) is 2.20. The van der Waals surface area contributed by atoms with E-state index in [0.29, 0.717) is 12.0 Å². The van der Waals surface area contributed by atoms with Gasteiger partial charge < -0.3 is 14.6 Å². The molecule has 66 valence electrons. The second kappa shape index (κ2) is 2.57. The summed E-state index contributed by atoms with van der Waals surface area (Å²) in [6, 6.07) is 0. The van der Waals surface area contributed by atoms with Gasteiger partial charge in [0.1, 0.15) is 12.2 Å². The van der Waals surface area contributed by atoms with Gasteiger partial charge in [0.05, 0.1) is 13.2 Å². The minimum absolute atomic E-state index is 0.0269. The maximum atomic E-state index is 11.0. The first-order valence-electron chi connectivity index (χ1n) is 3.85. The van der Waals surface area contributed by atoms with Gasteiger partial charge in [0.15, 0.2) is 0 Å². The Balaban J connectivity index is 2.11. The summed E-state index contributed by atoms with van der Waals surface area (Å²) in [5.41, 5.74) is 0.517. The van der Waals surface area contributed by atoms with E-state index in [1.165, 1.54) is 13.2 Å². The smallest absolute Gasteiger partial charge is 0.333 e. The standard InChI is InChI=1S/C8H10O4/c1-11-8(10)4-2-5(9)7-6(3-4)12-7/h2,5-7,9H,3H2,1H3/t5?,6-,7+/m0/s1. The minimum Gasteiger partial charge on any atom is -0.466 e. The fourth-order valence-corrected chi connectivity index (χ4v) is 1.49. The van der Waals surface area contributed by atoms with Crippen LogP contribution in [-0.4, -0.2) is 36.5 Å². The summed E-state index contributed by atoms with van der Waals surface area (Å²) in [5, 5.41) is 9.33. The predicted molar refractivity (Wildman–Crippen MR) is 39.4 cm³/mol. The van der Waals surface area contributed by atoms with Gasteiger partial charge in [-0.2, -0.15) is 0 Å². The van der Waals surface area contributed by atoms with Gasteiger partial charge in [0.25, 0.3) is 0 Å². The quantitative estimate of drug-likeness (QED) is 0.430. The Morgan fingerprint density at radius 2 is 2.58 bits per heavy atom. The van der Waals surface area contributed by atoms with Gasteiger partial charge in [0.2, 0.25) is 0 Å². The molecule has 1 saturated heterocycles. The van der Waals surface area contributed by atoms with Crippen molar-refractivity contribution in [1.29, 1.82) is 0 Å². The number of ether oxygens (including phenoxy) is 2. The summed E-state index contributed by atoms with van der Waals surface area (Å²) >= 11 is 0. The molecule has 1 aliphatic heterocycles. The number of hydrogen-bond acceptors (Lipinski definition) is 4. The van der Waals surface area contributed by atoms with Gasteiger partial charge in [-0.1, -0.05) is 0 Å². The number of carbonyl (C=O) groups excluding carboxylic acids is 1. The number of fused-ring (bicyclic) bond motifs is 1. The van der Waals surface area contributed by atoms with Crippen LogP contribution in [0.4, 0.5) is 0 Å². The van der Waals surface area contributed by atoms with E-state index >= 15 is 0 Å². The van der Waals surface area contributed by atoms with E-state index in [1.807, 2.05) is 0 Å². The number of methoxy groups -OCH3 is 1. The average molecular weight is 170 g/mol. The number of aliphatic hydroxyl groups excluding tert-OH is 1. The van der Waals surface area contributed by atoms with Crippen LogP contribution in [-0.2, 0) is 14.3 Å². The molecule has 0 amide bonds. The molecule has 4 nitrogen and oxygen atoms in total. The molecular formula is C8H10O4. The number of esters is 1. The van der Waals surface area contributed by atoms with Gasteiger partial charge in [-0.05, 0) is 6.08 Å². The lowest BCUT2D eigenvalue weighted by molar-refractivity contribution is -0.136. The van der Waals surface area contributed by atoms with E-state index in [9.17, 15) is 9.90 Å². The second-order valence-electron chi connectivity index (χ2n) is 3.02. The molecule has 0 aromatic carbocycles. The van der Waals surface area contributed by atoms with Gasteiger partial charge >= 0.3 is 5.97 Å². The molecule has 1 fully saturated rings. The van der Waals surface area contributed by atoms with Crippen molar-refractivity contribution >= 4 is 5.97 Å². The normalized spacial score (nSPS) is 38.2. The Morgan fingerprint density at radius 1 is 1.83 bits per heavy atom. The van der Waals surface area contributed by atoms with Crippen molar-refractivity contribution < 1.29 is 19.4 Å². The first kappa shape index (κ1) is 7.76. The lowest BCUT2D eigenvalue weighted by Crippen LogP contribution is -2.22. The van der Waals surface area contributed by atoms with Crippen molar-refractivity contribution in [3.05, 3.63) is 11.6 Å². The Hall–Kier alpha value is -0.870. The second-order valence-corrected chi connectivity index (χ2v) is 3.02. The highest BCUT2D eigenvalue weighted by molar-refractivity contribution is 5.88. The summed E-state index contributed by atoms with van der Waals surface area (Å²) in [6.45, 7) is 0. The Labute approximate surface area is 69.8 Å². The lowest BCUT2D eigenvalue weighted by Gasteiger charge is -2.10. The van der Waals surface area contributed by atoms with Crippen molar-refractivity contribution in [2.45, 2.75) is 24.7 Å². The third kappa shape index (κ3) is 1.13. The van der Waals surface area contributed by atoms with Crippen LogP contribution in [0.1, 0.15) is 6.42 Å². The van der Waals surface area contributed by atoms with Crippen LogP contribution in [0.15, 0.2) is 11.6 Å². The molecule has 3 atom stereocenters. The van der Waals surface area contributed by atoms with Crippen LogP contribution in [0.5, 0.6) is 0 Å². The van der Waals surface area contributed by atoms with Crippen molar-refractivity contribution in [3.63, 3.8) is 0 Å². The number of hydrogen-bond donors (Lipinski definition) is 1. The molecule has 1 heterocycles. The largest absolute Gasteiger partial charge is 0.466 e. The van der Waals surface area contributed by atoms with Crippen LogP contribution >= 0.6 is 0 Å². The number of carbonyl (C=O) groups is 1. The van der Waals surface area contributed by atoms with E-state index < -0.39 is 6.10 Å². The van der Waals surface area contributed by atoms with Crippen molar-refractivity contribution in [2.75, 3.05) is 7.11 Å². The highest BCUT2D eigenvalue weighted by Gasteiger charge is 2.47. The Morgan fingerprint density at radius 3 is 3.17 bits per heavy atom. The first-order valence-corrected chi connectivity index (χ1v) is 3.85. The maximum absolute atomic E-state index is 11.0. The fourth-order valence-electron chi connectivity index (χ4n) is 1.49. The lowest BCUT2D eigenvalue weighted by atomic mass is 9.98. The van der Waals surface area contributed by atoms with E-state index in [1.54, 1.807) is 0 Å². The minimum atomic E-state index is -0.641. The Kier molecular flexibility index (Phi) is 1.66. The molecule has 0 bridgehead atoms. The number of epoxide rings is 1. The van der Waals surface area contributed by atoms with Gasteiger partial charge in [-0.3, -0.25) is 0 Å². The van der Waals surface area contributed by atoms with Crippen LogP contribution in [0.2, 0.25) is 0 Å². The van der Waals surface area contributed by atoms with Crippen LogP contribution in [0, 0.1) is 0 Å². The third-order valence-electron chi connectivity index (χ3n) is 2.20. The average Bonchev–Trinajstić information content (AvgIpc) is 2.82. The van der Waals surface area contributed by atoms with Crippen LogP contribution in [0.25, 0.3) is 0 Å². The molecule has 12 heavy (non-hydrogen) atoms. The molecule has 0 saturated carbocycles.